The fourth-order valence-corrected chi connectivity index (χ4v) is 3.14. The van der Waals surface area contributed by atoms with Crippen molar-refractivity contribution in [1.29, 1.82) is 5.26 Å². The van der Waals surface area contributed by atoms with Crippen LogP contribution < -0.4 is 20.9 Å². The van der Waals surface area contributed by atoms with E-state index in [2.05, 4.69) is 9.97 Å². The third-order valence-corrected chi connectivity index (χ3v) is 4.63. The van der Waals surface area contributed by atoms with Crippen molar-refractivity contribution in [2.45, 2.75) is 13.5 Å². The second-order valence-electron chi connectivity index (χ2n) is 5.90. The lowest BCUT2D eigenvalue weighted by Crippen LogP contribution is -2.06. The number of hydrogen-bond donors (Lipinski definition) is 2. The first-order valence-corrected chi connectivity index (χ1v) is 9.36. The normalized spacial score (nSPS) is 10.4. The predicted molar refractivity (Wildman–Crippen MR) is 113 cm³/mol. The molecule has 0 saturated carbocycles. The molecule has 148 valence electrons. The zero-order chi connectivity index (χ0) is 21.0. The van der Waals surface area contributed by atoms with E-state index in [1.54, 1.807) is 18.2 Å². The highest BCUT2D eigenvalue weighted by Gasteiger charge is 2.19. The summed E-state index contributed by atoms with van der Waals surface area (Å²) in [5.41, 5.74) is 13.2. The maximum absolute atomic E-state index is 9.43. The van der Waals surface area contributed by atoms with Crippen LogP contribution in [0.5, 0.6) is 11.5 Å². The van der Waals surface area contributed by atoms with E-state index < -0.39 is 0 Å². The number of rotatable bonds is 6. The SMILES string of the molecule is CCOc1cc(-c2nc(N)nc(N)c2C#N)cc(Cl)c1OCc1ccccc1Cl. The van der Waals surface area contributed by atoms with Gasteiger partial charge in [0.2, 0.25) is 5.95 Å². The summed E-state index contributed by atoms with van der Waals surface area (Å²) in [7, 11) is 0. The molecule has 29 heavy (non-hydrogen) atoms. The summed E-state index contributed by atoms with van der Waals surface area (Å²) in [6.45, 7) is 2.41. The van der Waals surface area contributed by atoms with Crippen LogP contribution in [0, 0.1) is 11.3 Å². The van der Waals surface area contributed by atoms with Crippen LogP contribution in [0.25, 0.3) is 11.3 Å². The number of nitrogen functional groups attached to an aromatic ring is 2. The number of nitrogens with zero attached hydrogens (tertiary/aromatic N) is 3. The number of nitrogens with two attached hydrogens (primary N) is 2. The molecule has 0 atom stereocenters. The molecule has 0 bridgehead atoms. The monoisotopic (exact) mass is 429 g/mol. The molecule has 0 fully saturated rings. The molecule has 9 heteroatoms. The van der Waals surface area contributed by atoms with Gasteiger partial charge in [-0.1, -0.05) is 41.4 Å². The number of halogens is 2. The Kier molecular flexibility index (Phi) is 6.27. The second kappa shape index (κ2) is 8.86. The molecule has 0 saturated heterocycles. The van der Waals surface area contributed by atoms with Crippen LogP contribution in [0.2, 0.25) is 10.0 Å². The van der Waals surface area contributed by atoms with E-state index in [9.17, 15) is 5.26 Å². The van der Waals surface area contributed by atoms with E-state index in [1.165, 1.54) is 0 Å². The second-order valence-corrected chi connectivity index (χ2v) is 6.72. The van der Waals surface area contributed by atoms with Crippen molar-refractivity contribution in [2.75, 3.05) is 18.1 Å². The van der Waals surface area contributed by atoms with Crippen molar-refractivity contribution in [1.82, 2.24) is 9.97 Å². The van der Waals surface area contributed by atoms with Gasteiger partial charge >= 0.3 is 0 Å². The Morgan fingerprint density at radius 2 is 1.83 bits per heavy atom. The molecular weight excluding hydrogens is 413 g/mol. The fourth-order valence-electron chi connectivity index (χ4n) is 2.69. The maximum Gasteiger partial charge on any atom is 0.222 e. The molecule has 0 aliphatic carbocycles. The van der Waals surface area contributed by atoms with E-state index in [0.29, 0.717) is 28.7 Å². The third kappa shape index (κ3) is 4.45. The largest absolute Gasteiger partial charge is 0.490 e. The van der Waals surface area contributed by atoms with Gasteiger partial charge in [-0.2, -0.15) is 10.2 Å². The standard InChI is InChI=1S/C20H17Cl2N5O2/c1-2-28-16-8-12(17-13(9-23)19(24)27-20(25)26-17)7-15(22)18(16)29-10-11-5-3-4-6-14(11)21/h3-8H,2,10H2,1H3,(H4,24,25,26,27). The first-order valence-electron chi connectivity index (χ1n) is 8.60. The van der Waals surface area contributed by atoms with Crippen LogP contribution in [-0.4, -0.2) is 16.6 Å². The van der Waals surface area contributed by atoms with Gasteiger partial charge in [0.15, 0.2) is 11.5 Å². The Morgan fingerprint density at radius 3 is 2.52 bits per heavy atom. The summed E-state index contributed by atoms with van der Waals surface area (Å²) in [4.78, 5) is 7.97. The van der Waals surface area contributed by atoms with Crippen LogP contribution in [0.1, 0.15) is 18.1 Å². The molecule has 7 nitrogen and oxygen atoms in total. The lowest BCUT2D eigenvalue weighted by atomic mass is 10.1. The average molecular weight is 430 g/mol. The summed E-state index contributed by atoms with van der Waals surface area (Å²) >= 11 is 12.7. The molecule has 1 heterocycles. The van der Waals surface area contributed by atoms with Crippen LogP contribution in [-0.2, 0) is 6.61 Å². The minimum atomic E-state index is -0.0513. The molecule has 0 unspecified atom stereocenters. The number of benzene rings is 2. The number of hydrogen-bond acceptors (Lipinski definition) is 7. The molecule has 3 aromatic rings. The third-order valence-electron chi connectivity index (χ3n) is 3.98. The Balaban J connectivity index is 2.04. The van der Waals surface area contributed by atoms with E-state index in [1.807, 2.05) is 31.2 Å². The highest BCUT2D eigenvalue weighted by atomic mass is 35.5. The summed E-state index contributed by atoms with van der Waals surface area (Å²) in [6.07, 6.45) is 0. The average Bonchev–Trinajstić information content (AvgIpc) is 2.68. The first-order chi connectivity index (χ1) is 13.9. The molecule has 0 spiro atoms. The van der Waals surface area contributed by atoms with Crippen molar-refractivity contribution in [3.8, 4) is 28.8 Å². The van der Waals surface area contributed by atoms with Crippen molar-refractivity contribution in [3.05, 3.63) is 57.6 Å². The van der Waals surface area contributed by atoms with Crippen LogP contribution in [0.4, 0.5) is 11.8 Å². The Bertz CT molecular complexity index is 1100. The van der Waals surface area contributed by atoms with Gasteiger partial charge < -0.3 is 20.9 Å². The predicted octanol–water partition coefficient (Wildman–Crippen LogP) is 4.46. The Morgan fingerprint density at radius 1 is 1.07 bits per heavy atom. The lowest BCUT2D eigenvalue weighted by Gasteiger charge is -2.16. The zero-order valence-corrected chi connectivity index (χ0v) is 17.0. The number of anilines is 2. The Labute approximate surface area is 177 Å². The highest BCUT2D eigenvalue weighted by molar-refractivity contribution is 6.32. The molecular formula is C20H17Cl2N5O2. The molecule has 0 radical (unpaired) electrons. The molecule has 2 aromatic carbocycles. The summed E-state index contributed by atoms with van der Waals surface area (Å²) in [5, 5.41) is 10.3. The molecule has 4 N–H and O–H groups in total. The number of nitriles is 1. The van der Waals surface area contributed by atoms with Crippen molar-refractivity contribution in [3.63, 3.8) is 0 Å². The van der Waals surface area contributed by atoms with Gasteiger partial charge in [0.25, 0.3) is 0 Å². The van der Waals surface area contributed by atoms with Crippen LogP contribution in [0.15, 0.2) is 36.4 Å². The molecule has 0 aliphatic rings. The first kappa shape index (κ1) is 20.5. The minimum absolute atomic E-state index is 0.0110. The summed E-state index contributed by atoms with van der Waals surface area (Å²) in [5.74, 6) is 0.681. The van der Waals surface area contributed by atoms with E-state index in [0.717, 1.165) is 5.56 Å². The summed E-state index contributed by atoms with van der Waals surface area (Å²) < 4.78 is 11.6. The summed E-state index contributed by atoms with van der Waals surface area (Å²) in [6, 6.07) is 12.6. The van der Waals surface area contributed by atoms with Gasteiger partial charge in [0, 0.05) is 16.1 Å². The zero-order valence-electron chi connectivity index (χ0n) is 15.4. The van der Waals surface area contributed by atoms with E-state index in [-0.39, 0.29) is 34.7 Å². The van der Waals surface area contributed by atoms with Gasteiger partial charge in [-0.25, -0.2) is 4.98 Å². The van der Waals surface area contributed by atoms with Crippen molar-refractivity contribution >= 4 is 35.0 Å². The lowest BCUT2D eigenvalue weighted by molar-refractivity contribution is 0.269. The molecule has 1 aromatic heterocycles. The van der Waals surface area contributed by atoms with Crippen molar-refractivity contribution in [2.24, 2.45) is 0 Å². The topological polar surface area (TPSA) is 120 Å². The molecule has 3 rings (SSSR count). The van der Waals surface area contributed by atoms with Crippen LogP contribution >= 0.6 is 23.2 Å². The van der Waals surface area contributed by atoms with Gasteiger partial charge in [-0.3, -0.25) is 0 Å². The number of aromatic nitrogens is 2. The van der Waals surface area contributed by atoms with E-state index >= 15 is 0 Å². The van der Waals surface area contributed by atoms with Crippen LogP contribution in [0.3, 0.4) is 0 Å². The minimum Gasteiger partial charge on any atom is -0.490 e. The van der Waals surface area contributed by atoms with Gasteiger partial charge in [0.1, 0.15) is 24.1 Å². The van der Waals surface area contributed by atoms with Gasteiger partial charge in [-0.15, -0.1) is 0 Å². The quantitative estimate of drug-likeness (QED) is 0.592. The fraction of sp³-hybridized carbons (Fsp3) is 0.150. The Hall–Kier alpha value is -3.21. The van der Waals surface area contributed by atoms with Crippen molar-refractivity contribution < 1.29 is 9.47 Å². The molecule has 0 amide bonds. The van der Waals surface area contributed by atoms with Gasteiger partial charge in [-0.05, 0) is 25.1 Å². The number of ether oxygens (including phenoxy) is 2. The van der Waals surface area contributed by atoms with E-state index in [4.69, 9.17) is 44.1 Å². The molecule has 0 aliphatic heterocycles. The smallest absolute Gasteiger partial charge is 0.222 e. The highest BCUT2D eigenvalue weighted by Crippen LogP contribution is 2.41. The van der Waals surface area contributed by atoms with Gasteiger partial charge in [0.05, 0.1) is 17.3 Å². The maximum atomic E-state index is 9.43.